The molecule has 0 spiro atoms. The summed E-state index contributed by atoms with van der Waals surface area (Å²) in [6.07, 6.45) is 0.940. The number of β-amino-alcohol motifs (C(OH)–C–C–N with tert-alkyl or cyclic N) is 1. The third-order valence-corrected chi connectivity index (χ3v) is 4.30. The van der Waals surface area contributed by atoms with Crippen molar-refractivity contribution in [3.05, 3.63) is 21.9 Å². The summed E-state index contributed by atoms with van der Waals surface area (Å²) in [5, 5.41) is 10.9. The summed E-state index contributed by atoms with van der Waals surface area (Å²) in [5.74, 6) is 5.82. The smallest absolute Gasteiger partial charge is 0.254 e. The normalized spacial score (nSPS) is 16.2. The maximum Gasteiger partial charge on any atom is 0.254 e. The average molecular weight is 307 g/mol. The highest BCUT2D eigenvalue weighted by Gasteiger charge is 2.20. The number of nitrogens with zero attached hydrogens (tertiary/aromatic N) is 2. The lowest BCUT2D eigenvalue weighted by atomic mass is 10.2. The number of carbonyl (C=O) groups is 1. The van der Waals surface area contributed by atoms with Crippen LogP contribution in [0.1, 0.15) is 21.7 Å². The summed E-state index contributed by atoms with van der Waals surface area (Å²) in [5.41, 5.74) is 6.05. The maximum atomic E-state index is 12.5. The third-order valence-electron chi connectivity index (χ3n) is 3.45. The fraction of sp³-hybridized carbons (Fsp3) is 0.533. The second kappa shape index (κ2) is 8.15. The van der Waals surface area contributed by atoms with Crippen LogP contribution in [0.2, 0.25) is 0 Å². The number of nitrogens with two attached hydrogens (primary N) is 1. The first-order valence-electron chi connectivity index (χ1n) is 7.14. The van der Waals surface area contributed by atoms with Gasteiger partial charge in [-0.1, -0.05) is 11.8 Å². The number of hydrogen-bond donors (Lipinski definition) is 2. The molecule has 1 saturated heterocycles. The van der Waals surface area contributed by atoms with Crippen LogP contribution in [0.4, 0.5) is 0 Å². The molecule has 0 aliphatic carbocycles. The van der Waals surface area contributed by atoms with E-state index in [1.807, 2.05) is 16.3 Å². The number of aliphatic hydroxyl groups excluding tert-OH is 1. The standard InChI is InChI=1S/C15H21N3O2S/c16-4-1-3-14-11-13(12-21-14)15(20)18-6-2-5-17(7-8-18)9-10-19/h11-12,19H,2,4-10,16H2. The Labute approximate surface area is 129 Å². The second-order valence-electron chi connectivity index (χ2n) is 4.92. The largest absolute Gasteiger partial charge is 0.395 e. The SMILES string of the molecule is NCC#Cc1cc(C(=O)N2CCCN(CCO)CC2)cs1. The molecule has 0 aromatic carbocycles. The molecule has 2 rings (SSSR count). The van der Waals surface area contributed by atoms with E-state index >= 15 is 0 Å². The van der Waals surface area contributed by atoms with E-state index in [1.54, 1.807) is 0 Å². The van der Waals surface area contributed by atoms with E-state index in [2.05, 4.69) is 16.7 Å². The molecule has 1 fully saturated rings. The van der Waals surface area contributed by atoms with Gasteiger partial charge in [-0.3, -0.25) is 9.69 Å². The molecule has 6 heteroatoms. The predicted molar refractivity (Wildman–Crippen MR) is 84.3 cm³/mol. The van der Waals surface area contributed by atoms with Crippen molar-refractivity contribution < 1.29 is 9.90 Å². The zero-order valence-corrected chi connectivity index (χ0v) is 12.9. The lowest BCUT2D eigenvalue weighted by Gasteiger charge is -2.21. The molecule has 21 heavy (non-hydrogen) atoms. The minimum Gasteiger partial charge on any atom is -0.395 e. The van der Waals surface area contributed by atoms with Gasteiger partial charge in [-0.05, 0) is 19.0 Å². The molecular formula is C15H21N3O2S. The van der Waals surface area contributed by atoms with Crippen LogP contribution in [0.15, 0.2) is 11.4 Å². The van der Waals surface area contributed by atoms with E-state index in [1.165, 1.54) is 11.3 Å². The Balaban J connectivity index is 1.97. The molecule has 114 valence electrons. The Kier molecular flexibility index (Phi) is 6.21. The minimum atomic E-state index is 0.0675. The first kappa shape index (κ1) is 16.0. The summed E-state index contributed by atoms with van der Waals surface area (Å²) < 4.78 is 0. The van der Waals surface area contributed by atoms with Crippen molar-refractivity contribution in [3.8, 4) is 11.8 Å². The van der Waals surface area contributed by atoms with Crippen molar-refractivity contribution >= 4 is 17.2 Å². The summed E-state index contributed by atoms with van der Waals surface area (Å²) in [4.78, 5) is 17.5. The van der Waals surface area contributed by atoms with Crippen molar-refractivity contribution in [3.63, 3.8) is 0 Å². The molecule has 2 heterocycles. The van der Waals surface area contributed by atoms with Crippen molar-refractivity contribution in [2.45, 2.75) is 6.42 Å². The Morgan fingerprint density at radius 2 is 2.24 bits per heavy atom. The average Bonchev–Trinajstić information content (AvgIpc) is 2.84. The maximum absolute atomic E-state index is 12.5. The number of hydrogen-bond acceptors (Lipinski definition) is 5. The molecule has 3 N–H and O–H groups in total. The topological polar surface area (TPSA) is 69.8 Å². The molecule has 0 unspecified atom stereocenters. The van der Waals surface area contributed by atoms with E-state index in [9.17, 15) is 4.79 Å². The Morgan fingerprint density at radius 1 is 1.38 bits per heavy atom. The van der Waals surface area contributed by atoms with Crippen molar-refractivity contribution in [2.24, 2.45) is 5.73 Å². The summed E-state index contributed by atoms with van der Waals surface area (Å²) in [7, 11) is 0. The van der Waals surface area contributed by atoms with Crippen molar-refractivity contribution in [2.75, 3.05) is 45.9 Å². The van der Waals surface area contributed by atoms with Gasteiger partial charge in [-0.2, -0.15) is 0 Å². The quantitative estimate of drug-likeness (QED) is 0.783. The van der Waals surface area contributed by atoms with Gasteiger partial charge in [0, 0.05) is 31.6 Å². The number of aliphatic hydroxyl groups is 1. The third kappa shape index (κ3) is 4.55. The van der Waals surface area contributed by atoms with E-state index in [-0.39, 0.29) is 12.5 Å². The van der Waals surface area contributed by atoms with Gasteiger partial charge in [0.1, 0.15) is 0 Å². The van der Waals surface area contributed by atoms with Crippen LogP contribution in [0.3, 0.4) is 0 Å². The first-order valence-corrected chi connectivity index (χ1v) is 8.02. The molecule has 1 aliphatic rings. The van der Waals surface area contributed by atoms with Crippen molar-refractivity contribution in [1.29, 1.82) is 0 Å². The van der Waals surface area contributed by atoms with Gasteiger partial charge in [-0.25, -0.2) is 0 Å². The van der Waals surface area contributed by atoms with Crippen molar-refractivity contribution in [1.82, 2.24) is 9.80 Å². The summed E-state index contributed by atoms with van der Waals surface area (Å²) in [6, 6.07) is 1.84. The number of amides is 1. The number of carbonyl (C=O) groups excluding carboxylic acids is 1. The van der Waals surface area contributed by atoms with Crippen LogP contribution in [0.25, 0.3) is 0 Å². The highest BCUT2D eigenvalue weighted by Crippen LogP contribution is 2.16. The van der Waals surface area contributed by atoms with Crippen LogP contribution < -0.4 is 5.73 Å². The summed E-state index contributed by atoms with van der Waals surface area (Å²) >= 11 is 1.48. The predicted octanol–water partition coefficient (Wildman–Crippen LogP) is 0.199. The molecule has 0 saturated carbocycles. The molecule has 1 amide bonds. The fourth-order valence-corrected chi connectivity index (χ4v) is 3.12. The van der Waals surface area contributed by atoms with Crippen LogP contribution in [0, 0.1) is 11.8 Å². The number of rotatable bonds is 3. The van der Waals surface area contributed by atoms with Crippen LogP contribution in [-0.4, -0.2) is 66.7 Å². The molecular weight excluding hydrogens is 286 g/mol. The Hall–Kier alpha value is -1.39. The van der Waals surface area contributed by atoms with Gasteiger partial charge in [0.05, 0.1) is 23.6 Å². The lowest BCUT2D eigenvalue weighted by molar-refractivity contribution is 0.0761. The zero-order chi connectivity index (χ0) is 15.1. The molecule has 0 radical (unpaired) electrons. The molecule has 1 aromatic rings. The van der Waals surface area contributed by atoms with Crippen LogP contribution in [0.5, 0.6) is 0 Å². The van der Waals surface area contributed by atoms with Gasteiger partial charge < -0.3 is 15.7 Å². The lowest BCUT2D eigenvalue weighted by Crippen LogP contribution is -2.35. The highest BCUT2D eigenvalue weighted by atomic mass is 32.1. The van der Waals surface area contributed by atoms with Gasteiger partial charge in [0.2, 0.25) is 0 Å². The van der Waals surface area contributed by atoms with Gasteiger partial charge in [0.15, 0.2) is 0 Å². The molecule has 1 aromatic heterocycles. The highest BCUT2D eigenvalue weighted by molar-refractivity contribution is 7.10. The number of thiophene rings is 1. The Morgan fingerprint density at radius 3 is 3.00 bits per heavy atom. The van der Waals surface area contributed by atoms with Crippen LogP contribution >= 0.6 is 11.3 Å². The molecule has 1 aliphatic heterocycles. The van der Waals surface area contributed by atoms with E-state index in [4.69, 9.17) is 10.8 Å². The van der Waals surface area contributed by atoms with E-state index in [0.717, 1.165) is 30.9 Å². The molecule has 0 atom stereocenters. The zero-order valence-electron chi connectivity index (χ0n) is 12.0. The Bertz CT molecular complexity index is 533. The first-order chi connectivity index (χ1) is 10.2. The van der Waals surface area contributed by atoms with Gasteiger partial charge in [-0.15, -0.1) is 11.3 Å². The summed E-state index contributed by atoms with van der Waals surface area (Å²) in [6.45, 7) is 4.39. The minimum absolute atomic E-state index is 0.0675. The van der Waals surface area contributed by atoms with E-state index < -0.39 is 0 Å². The fourth-order valence-electron chi connectivity index (χ4n) is 2.37. The van der Waals surface area contributed by atoms with Crippen LogP contribution in [-0.2, 0) is 0 Å². The second-order valence-corrected chi connectivity index (χ2v) is 5.83. The molecule has 5 nitrogen and oxygen atoms in total. The van der Waals surface area contributed by atoms with E-state index in [0.29, 0.717) is 25.2 Å². The van der Waals surface area contributed by atoms with Gasteiger partial charge >= 0.3 is 0 Å². The molecule has 0 bridgehead atoms. The van der Waals surface area contributed by atoms with Gasteiger partial charge in [0.25, 0.3) is 5.91 Å². The monoisotopic (exact) mass is 307 g/mol.